The van der Waals surface area contributed by atoms with Gasteiger partial charge >= 0.3 is 6.47 Å². The van der Waals surface area contributed by atoms with E-state index in [0.717, 1.165) is 5.56 Å². The van der Waals surface area contributed by atoms with Crippen molar-refractivity contribution in [3.05, 3.63) is 29.0 Å². The molecule has 1 heterocycles. The molecular weight excluding hydrogens is 166 g/mol. The van der Waals surface area contributed by atoms with Gasteiger partial charge in [-0.15, -0.1) is 0 Å². The summed E-state index contributed by atoms with van der Waals surface area (Å²) in [5.74, 6) is 0. The predicted molar refractivity (Wildman–Crippen MR) is 39.7 cm³/mol. The van der Waals surface area contributed by atoms with E-state index in [1.165, 1.54) is 12.7 Å². The van der Waals surface area contributed by atoms with E-state index in [2.05, 4.69) is 9.72 Å². The molecule has 0 N–H and O–H groups in total. The summed E-state index contributed by atoms with van der Waals surface area (Å²) in [6.07, 6.45) is 3.08. The summed E-state index contributed by atoms with van der Waals surface area (Å²) < 4.78 is 4.37. The molecule has 3 nitrogen and oxygen atoms in total. The van der Waals surface area contributed by atoms with E-state index in [9.17, 15) is 4.79 Å². The summed E-state index contributed by atoms with van der Waals surface area (Å²) in [7, 11) is 0. The second-order valence-electron chi connectivity index (χ2n) is 1.88. The fraction of sp³-hybridized carbons (Fsp3) is 0.143. The van der Waals surface area contributed by atoms with Gasteiger partial charge in [0.2, 0.25) is 0 Å². The molecule has 0 saturated carbocycles. The Balaban J connectivity index is 2.63. The highest BCUT2D eigenvalue weighted by Crippen LogP contribution is 2.08. The van der Waals surface area contributed by atoms with E-state index in [4.69, 9.17) is 11.6 Å². The maximum absolute atomic E-state index is 9.66. The first-order valence-electron chi connectivity index (χ1n) is 2.91. The Hall–Kier alpha value is -1.09. The number of ether oxygens (including phenoxy) is 1. The van der Waals surface area contributed by atoms with Crippen LogP contribution in [0.3, 0.4) is 0 Å². The molecule has 4 heteroatoms. The van der Waals surface area contributed by atoms with E-state index in [0.29, 0.717) is 5.02 Å². The van der Waals surface area contributed by atoms with Crippen molar-refractivity contribution in [2.24, 2.45) is 0 Å². The second-order valence-corrected chi connectivity index (χ2v) is 2.32. The number of pyridine rings is 1. The molecule has 0 atom stereocenters. The van der Waals surface area contributed by atoms with Crippen molar-refractivity contribution >= 4 is 18.1 Å². The average molecular weight is 171 g/mol. The van der Waals surface area contributed by atoms with Crippen LogP contribution in [0.25, 0.3) is 0 Å². The molecule has 1 aromatic rings. The minimum absolute atomic E-state index is 0.164. The highest BCUT2D eigenvalue weighted by Gasteiger charge is 1.94. The van der Waals surface area contributed by atoms with Crippen LogP contribution < -0.4 is 0 Å². The molecule has 0 aliphatic heterocycles. The van der Waals surface area contributed by atoms with E-state index in [1.807, 2.05) is 0 Å². The molecule has 0 saturated heterocycles. The number of rotatable bonds is 3. The minimum Gasteiger partial charge on any atom is -0.452 e. The third-order valence-corrected chi connectivity index (χ3v) is 1.27. The Morgan fingerprint density at radius 3 is 3.09 bits per heavy atom. The van der Waals surface area contributed by atoms with Crippen LogP contribution in [0.15, 0.2) is 18.5 Å². The van der Waals surface area contributed by atoms with Gasteiger partial charge in [-0.25, -0.2) is 4.79 Å². The lowest BCUT2D eigenvalue weighted by molar-refractivity contribution is 0.266. The van der Waals surface area contributed by atoms with Crippen LogP contribution in [-0.4, -0.2) is 11.5 Å². The number of hydrogen-bond acceptors (Lipinski definition) is 3. The highest BCUT2D eigenvalue weighted by molar-refractivity contribution is 6.30. The van der Waals surface area contributed by atoms with Gasteiger partial charge in [-0.05, 0) is 6.07 Å². The van der Waals surface area contributed by atoms with Crippen LogP contribution in [0.5, 0.6) is 0 Å². The highest BCUT2D eigenvalue weighted by atomic mass is 35.5. The van der Waals surface area contributed by atoms with E-state index < -0.39 is 0 Å². The lowest BCUT2D eigenvalue weighted by atomic mass is 10.3. The van der Waals surface area contributed by atoms with Crippen LogP contribution in [0.2, 0.25) is 5.02 Å². The summed E-state index contributed by atoms with van der Waals surface area (Å²) in [5.41, 5.74) is 0.751. The Bertz CT molecular complexity index is 252. The molecule has 0 aromatic carbocycles. The fourth-order valence-electron chi connectivity index (χ4n) is 0.648. The zero-order valence-corrected chi connectivity index (χ0v) is 6.34. The molecule has 1 radical (unpaired) electrons. The standard InChI is InChI=1S/C7H5ClNO2/c8-7-1-6(2-9-3-7)4-11-5-10/h1-3H,4H2. The molecule has 1 rings (SSSR count). The molecule has 1 aromatic heterocycles. The zero-order valence-electron chi connectivity index (χ0n) is 5.58. The number of nitrogens with zero attached hydrogens (tertiary/aromatic N) is 1. The monoisotopic (exact) mass is 170 g/mol. The Kier molecular flexibility index (Phi) is 2.86. The average Bonchev–Trinajstić information content (AvgIpc) is 2.01. The second kappa shape index (κ2) is 3.93. The van der Waals surface area contributed by atoms with Crippen molar-refractivity contribution in [1.82, 2.24) is 4.98 Å². The first-order valence-corrected chi connectivity index (χ1v) is 3.29. The van der Waals surface area contributed by atoms with E-state index in [1.54, 1.807) is 12.3 Å². The SMILES string of the molecule is O=[C]OCc1cncc(Cl)c1. The first-order chi connectivity index (χ1) is 5.33. The maximum atomic E-state index is 9.66. The van der Waals surface area contributed by atoms with Crippen LogP contribution in [0, 0.1) is 0 Å². The van der Waals surface area contributed by atoms with Gasteiger partial charge in [-0.3, -0.25) is 4.98 Å². The normalized spacial score (nSPS) is 9.18. The first kappa shape index (κ1) is 8.01. The fourth-order valence-corrected chi connectivity index (χ4v) is 0.844. The molecule has 0 aliphatic rings. The van der Waals surface area contributed by atoms with Crippen molar-refractivity contribution in [3.63, 3.8) is 0 Å². The maximum Gasteiger partial charge on any atom is 0.417 e. The zero-order chi connectivity index (χ0) is 8.10. The number of halogens is 1. The number of aromatic nitrogens is 1. The Labute approximate surface area is 69.0 Å². The smallest absolute Gasteiger partial charge is 0.417 e. The topological polar surface area (TPSA) is 39.2 Å². The van der Waals surface area contributed by atoms with Gasteiger partial charge in [0.25, 0.3) is 0 Å². The van der Waals surface area contributed by atoms with Gasteiger partial charge in [0, 0.05) is 18.0 Å². The molecule has 0 fully saturated rings. The lowest BCUT2D eigenvalue weighted by Gasteiger charge is -1.96. The Morgan fingerprint density at radius 1 is 1.64 bits per heavy atom. The van der Waals surface area contributed by atoms with Crippen molar-refractivity contribution in [2.75, 3.05) is 0 Å². The van der Waals surface area contributed by atoms with Gasteiger partial charge in [0.1, 0.15) is 6.61 Å². The molecule has 11 heavy (non-hydrogen) atoms. The van der Waals surface area contributed by atoms with Crippen molar-refractivity contribution < 1.29 is 9.53 Å². The van der Waals surface area contributed by atoms with Crippen LogP contribution in [0.1, 0.15) is 5.56 Å². The predicted octanol–water partition coefficient (Wildman–Crippen LogP) is 1.32. The molecule has 0 spiro atoms. The van der Waals surface area contributed by atoms with Gasteiger partial charge in [0.15, 0.2) is 0 Å². The van der Waals surface area contributed by atoms with Gasteiger partial charge < -0.3 is 4.74 Å². The summed E-state index contributed by atoms with van der Waals surface area (Å²) >= 11 is 5.61. The van der Waals surface area contributed by atoms with Crippen LogP contribution in [-0.2, 0) is 16.1 Å². The summed E-state index contributed by atoms with van der Waals surface area (Å²) in [4.78, 5) is 13.5. The van der Waals surface area contributed by atoms with Crippen LogP contribution in [0.4, 0.5) is 0 Å². The summed E-state index contributed by atoms with van der Waals surface area (Å²) in [5, 5.41) is 0.525. The van der Waals surface area contributed by atoms with Crippen molar-refractivity contribution in [1.29, 1.82) is 0 Å². The van der Waals surface area contributed by atoms with Crippen molar-refractivity contribution in [2.45, 2.75) is 6.61 Å². The number of carbonyl (C=O) groups excluding carboxylic acids is 1. The third kappa shape index (κ3) is 2.55. The van der Waals surface area contributed by atoms with E-state index >= 15 is 0 Å². The molecule has 57 valence electrons. The molecule has 0 unspecified atom stereocenters. The van der Waals surface area contributed by atoms with Crippen molar-refractivity contribution in [3.8, 4) is 0 Å². The minimum atomic E-state index is 0.164. The Morgan fingerprint density at radius 2 is 2.45 bits per heavy atom. The molecular formula is C7H5ClNO2. The lowest BCUT2D eigenvalue weighted by Crippen LogP contribution is -1.90. The third-order valence-electron chi connectivity index (χ3n) is 1.06. The molecule has 0 aliphatic carbocycles. The van der Waals surface area contributed by atoms with E-state index in [-0.39, 0.29) is 6.61 Å². The summed E-state index contributed by atoms with van der Waals surface area (Å²) in [6.45, 7) is 1.48. The van der Waals surface area contributed by atoms with Crippen LogP contribution >= 0.6 is 11.6 Å². The van der Waals surface area contributed by atoms with Gasteiger partial charge in [-0.1, -0.05) is 11.6 Å². The molecule has 0 amide bonds. The number of hydrogen-bond donors (Lipinski definition) is 0. The molecule has 0 bridgehead atoms. The summed E-state index contributed by atoms with van der Waals surface area (Å²) in [6, 6.07) is 1.67. The van der Waals surface area contributed by atoms with Gasteiger partial charge in [-0.2, -0.15) is 0 Å². The quantitative estimate of drug-likeness (QED) is 0.687. The largest absolute Gasteiger partial charge is 0.452 e. The van der Waals surface area contributed by atoms with Gasteiger partial charge in [0.05, 0.1) is 5.02 Å².